The van der Waals surface area contributed by atoms with Crippen molar-refractivity contribution < 1.29 is 24.2 Å². The number of carboxylic acids is 1. The molecule has 1 heterocycles. The number of ether oxygens (including phenoxy) is 1. The van der Waals surface area contributed by atoms with Gasteiger partial charge in [-0.2, -0.15) is 0 Å². The quantitative estimate of drug-likeness (QED) is 0.500. The zero-order valence-electron chi connectivity index (χ0n) is 8.97. The van der Waals surface area contributed by atoms with Crippen LogP contribution in [-0.4, -0.2) is 34.0 Å². The van der Waals surface area contributed by atoms with E-state index in [1.165, 1.54) is 17.6 Å². The number of hydrogen-bond donors (Lipinski definition) is 1. The number of hydrogen-bond acceptors (Lipinski definition) is 4. The van der Waals surface area contributed by atoms with Crippen LogP contribution in [0.15, 0.2) is 16.7 Å². The molecule has 0 atom stereocenters. The average molecular weight is 304 g/mol. The van der Waals surface area contributed by atoms with Crippen LogP contribution in [0.3, 0.4) is 0 Å². The molecule has 1 aromatic heterocycles. The SMILES string of the molecule is CC(=O)OCCn1cc(Br)cc1C(=O)C(=O)O. The highest BCUT2D eigenvalue weighted by molar-refractivity contribution is 9.10. The lowest BCUT2D eigenvalue weighted by Crippen LogP contribution is -2.19. The van der Waals surface area contributed by atoms with E-state index in [9.17, 15) is 14.4 Å². The van der Waals surface area contributed by atoms with Crippen molar-refractivity contribution in [1.82, 2.24) is 4.57 Å². The van der Waals surface area contributed by atoms with Crippen LogP contribution in [0.25, 0.3) is 0 Å². The Bertz CT molecular complexity index is 465. The molecule has 0 bridgehead atoms. The van der Waals surface area contributed by atoms with E-state index in [1.807, 2.05) is 0 Å². The molecule has 0 amide bonds. The van der Waals surface area contributed by atoms with E-state index in [-0.39, 0.29) is 18.8 Å². The zero-order valence-corrected chi connectivity index (χ0v) is 10.6. The maximum Gasteiger partial charge on any atom is 0.378 e. The molecule has 17 heavy (non-hydrogen) atoms. The molecular formula is C10H10BrNO5. The Morgan fingerprint density at radius 3 is 2.65 bits per heavy atom. The fourth-order valence-electron chi connectivity index (χ4n) is 1.25. The number of ketones is 1. The van der Waals surface area contributed by atoms with Crippen LogP contribution < -0.4 is 0 Å². The summed E-state index contributed by atoms with van der Waals surface area (Å²) in [7, 11) is 0. The monoisotopic (exact) mass is 303 g/mol. The summed E-state index contributed by atoms with van der Waals surface area (Å²) < 4.78 is 6.72. The van der Waals surface area contributed by atoms with Crippen molar-refractivity contribution in [1.29, 1.82) is 0 Å². The summed E-state index contributed by atoms with van der Waals surface area (Å²) in [5.41, 5.74) is 0.0385. The Hall–Kier alpha value is -1.63. The minimum Gasteiger partial charge on any atom is -0.475 e. The third-order valence-electron chi connectivity index (χ3n) is 1.93. The molecule has 1 rings (SSSR count). The van der Waals surface area contributed by atoms with E-state index in [2.05, 4.69) is 15.9 Å². The van der Waals surface area contributed by atoms with Gasteiger partial charge in [-0.25, -0.2) is 4.79 Å². The molecule has 0 radical (unpaired) electrons. The van der Waals surface area contributed by atoms with Crippen LogP contribution in [0.1, 0.15) is 17.4 Å². The summed E-state index contributed by atoms with van der Waals surface area (Å²) in [6.45, 7) is 1.57. The first-order valence-corrected chi connectivity index (χ1v) is 5.47. The van der Waals surface area contributed by atoms with E-state index >= 15 is 0 Å². The van der Waals surface area contributed by atoms with Crippen molar-refractivity contribution in [3.63, 3.8) is 0 Å². The fourth-order valence-corrected chi connectivity index (χ4v) is 1.71. The topological polar surface area (TPSA) is 85.6 Å². The van der Waals surface area contributed by atoms with E-state index in [0.29, 0.717) is 4.47 Å². The Labute approximate surface area is 105 Å². The largest absolute Gasteiger partial charge is 0.475 e. The van der Waals surface area contributed by atoms with Gasteiger partial charge in [0.25, 0.3) is 5.78 Å². The molecule has 0 aliphatic heterocycles. The third-order valence-corrected chi connectivity index (χ3v) is 2.36. The van der Waals surface area contributed by atoms with Gasteiger partial charge in [0, 0.05) is 17.6 Å². The van der Waals surface area contributed by atoms with Gasteiger partial charge >= 0.3 is 11.9 Å². The maximum atomic E-state index is 11.3. The van der Waals surface area contributed by atoms with Gasteiger partial charge in [0.05, 0.1) is 12.2 Å². The number of rotatable bonds is 5. The maximum absolute atomic E-state index is 11.3. The summed E-state index contributed by atoms with van der Waals surface area (Å²) in [4.78, 5) is 32.5. The third kappa shape index (κ3) is 3.70. The predicted octanol–water partition coefficient (Wildman–Crippen LogP) is 1.08. The van der Waals surface area contributed by atoms with E-state index < -0.39 is 17.7 Å². The van der Waals surface area contributed by atoms with Crippen LogP contribution in [0.4, 0.5) is 0 Å². The summed E-state index contributed by atoms with van der Waals surface area (Å²) in [5.74, 6) is -2.95. The highest BCUT2D eigenvalue weighted by Crippen LogP contribution is 2.15. The van der Waals surface area contributed by atoms with Crippen LogP contribution in [-0.2, 0) is 20.9 Å². The van der Waals surface area contributed by atoms with Crippen LogP contribution in [0.2, 0.25) is 0 Å². The van der Waals surface area contributed by atoms with Gasteiger partial charge in [0.15, 0.2) is 0 Å². The normalized spacial score (nSPS) is 10.0. The summed E-state index contributed by atoms with van der Waals surface area (Å²) in [5, 5.41) is 8.62. The van der Waals surface area contributed by atoms with Crippen molar-refractivity contribution in [3.8, 4) is 0 Å². The van der Waals surface area contributed by atoms with Gasteiger partial charge in [-0.05, 0) is 22.0 Å². The molecule has 0 spiro atoms. The smallest absolute Gasteiger partial charge is 0.378 e. The van der Waals surface area contributed by atoms with Crippen LogP contribution in [0, 0.1) is 0 Å². The molecule has 6 nitrogen and oxygen atoms in total. The van der Waals surface area contributed by atoms with Gasteiger partial charge in [-0.15, -0.1) is 0 Å². The van der Waals surface area contributed by atoms with Crippen molar-refractivity contribution in [3.05, 3.63) is 22.4 Å². The second-order valence-electron chi connectivity index (χ2n) is 3.21. The number of Topliss-reactive ketones (excluding diaryl/α,β-unsaturated/α-hetero) is 1. The number of carboxylic acid groups (broad SMARTS) is 1. The highest BCUT2D eigenvalue weighted by atomic mass is 79.9. The second kappa shape index (κ2) is 5.62. The van der Waals surface area contributed by atoms with Crippen LogP contribution >= 0.6 is 15.9 Å². The Kier molecular flexibility index (Phi) is 4.45. The minimum atomic E-state index is -1.52. The first kappa shape index (κ1) is 13.4. The Balaban J connectivity index is 2.81. The number of carbonyl (C=O) groups is 3. The van der Waals surface area contributed by atoms with Crippen molar-refractivity contribution in [2.24, 2.45) is 0 Å². The van der Waals surface area contributed by atoms with E-state index in [4.69, 9.17) is 9.84 Å². The number of esters is 1. The molecule has 0 aliphatic carbocycles. The van der Waals surface area contributed by atoms with Gasteiger partial charge in [0.2, 0.25) is 0 Å². The van der Waals surface area contributed by atoms with Gasteiger partial charge in [-0.3, -0.25) is 9.59 Å². The summed E-state index contributed by atoms with van der Waals surface area (Å²) in [6.07, 6.45) is 1.56. The van der Waals surface area contributed by atoms with Crippen molar-refractivity contribution >= 4 is 33.7 Å². The van der Waals surface area contributed by atoms with Crippen LogP contribution in [0.5, 0.6) is 0 Å². The molecule has 0 saturated heterocycles. The predicted molar refractivity (Wildman–Crippen MR) is 60.7 cm³/mol. The number of carbonyl (C=O) groups excluding carboxylic acids is 2. The summed E-state index contributed by atoms with van der Waals surface area (Å²) in [6, 6.07) is 1.41. The molecule has 0 aromatic carbocycles. The number of halogens is 1. The highest BCUT2D eigenvalue weighted by Gasteiger charge is 2.19. The minimum absolute atomic E-state index is 0.0385. The van der Waals surface area contributed by atoms with Crippen molar-refractivity contribution in [2.75, 3.05) is 6.61 Å². The molecule has 0 unspecified atom stereocenters. The van der Waals surface area contributed by atoms with Gasteiger partial charge in [-0.1, -0.05) is 0 Å². The first-order valence-electron chi connectivity index (χ1n) is 4.68. The van der Waals surface area contributed by atoms with E-state index in [0.717, 1.165) is 0 Å². The fraction of sp³-hybridized carbons (Fsp3) is 0.300. The lowest BCUT2D eigenvalue weighted by Gasteiger charge is -2.06. The molecule has 0 saturated carbocycles. The Morgan fingerprint density at radius 2 is 2.12 bits per heavy atom. The number of nitrogens with zero attached hydrogens (tertiary/aromatic N) is 1. The van der Waals surface area contributed by atoms with Gasteiger partial charge in [0.1, 0.15) is 6.61 Å². The molecule has 1 aromatic rings. The van der Waals surface area contributed by atoms with Gasteiger partial charge < -0.3 is 14.4 Å². The standard InChI is InChI=1S/C10H10BrNO5/c1-6(13)17-3-2-12-5-7(11)4-8(12)9(14)10(15)16/h4-5H,2-3H2,1H3,(H,15,16). The van der Waals surface area contributed by atoms with Crippen molar-refractivity contribution in [2.45, 2.75) is 13.5 Å². The van der Waals surface area contributed by atoms with E-state index in [1.54, 1.807) is 6.20 Å². The Morgan fingerprint density at radius 1 is 1.47 bits per heavy atom. The number of aromatic nitrogens is 1. The summed E-state index contributed by atoms with van der Waals surface area (Å²) >= 11 is 3.15. The number of aliphatic carboxylic acids is 1. The lowest BCUT2D eigenvalue weighted by molar-refractivity contribution is -0.141. The molecular weight excluding hydrogens is 294 g/mol. The molecule has 1 N–H and O–H groups in total. The first-order chi connectivity index (χ1) is 7.91. The molecule has 92 valence electrons. The molecule has 7 heteroatoms. The second-order valence-corrected chi connectivity index (χ2v) is 4.13. The average Bonchev–Trinajstić information content (AvgIpc) is 2.57. The zero-order chi connectivity index (χ0) is 13.0. The molecule has 0 aliphatic rings. The molecule has 0 fully saturated rings. The lowest BCUT2D eigenvalue weighted by atomic mass is 10.3.